The van der Waals surface area contributed by atoms with Gasteiger partial charge in [0, 0.05) is 18.1 Å². The van der Waals surface area contributed by atoms with Crippen LogP contribution in [0.4, 0.5) is 0 Å². The zero-order valence-corrected chi connectivity index (χ0v) is 12.8. The fourth-order valence-corrected chi connectivity index (χ4v) is 2.42. The van der Waals surface area contributed by atoms with Crippen molar-refractivity contribution in [3.8, 4) is 0 Å². The fourth-order valence-electron chi connectivity index (χ4n) is 1.79. The molecule has 0 atom stereocenters. The van der Waals surface area contributed by atoms with E-state index >= 15 is 0 Å². The summed E-state index contributed by atoms with van der Waals surface area (Å²) in [6.45, 7) is 0.533. The second-order valence-corrected chi connectivity index (χ2v) is 5.49. The molecule has 0 N–H and O–H groups in total. The maximum Gasteiger partial charge on any atom is 0.255 e. The third-order valence-corrected chi connectivity index (χ3v) is 3.92. The Labute approximate surface area is 126 Å². The molecule has 0 aliphatic carbocycles. The summed E-state index contributed by atoms with van der Waals surface area (Å²) in [6.07, 6.45) is 0. The van der Waals surface area contributed by atoms with Crippen LogP contribution in [0.5, 0.6) is 0 Å². The lowest BCUT2D eigenvalue weighted by Gasteiger charge is -2.18. The smallest absolute Gasteiger partial charge is 0.255 e. The maximum absolute atomic E-state index is 12.3. The Balaban J connectivity index is 2.17. The van der Waals surface area contributed by atoms with Crippen LogP contribution in [0.1, 0.15) is 15.9 Å². The van der Waals surface area contributed by atoms with E-state index in [1.165, 1.54) is 0 Å². The van der Waals surface area contributed by atoms with E-state index in [-0.39, 0.29) is 5.91 Å². The van der Waals surface area contributed by atoms with Crippen LogP contribution < -0.4 is 0 Å². The van der Waals surface area contributed by atoms with Gasteiger partial charge in [-0.2, -0.15) is 0 Å². The zero-order chi connectivity index (χ0) is 13.8. The standard InChI is InChI=1S/C15H13BrClNO/c1-18(10-11-6-2-4-8-13(11)16)15(19)12-7-3-5-9-14(12)17/h2-9H,10H2,1H3. The number of nitrogens with zero attached hydrogens (tertiary/aromatic N) is 1. The van der Waals surface area contributed by atoms with Gasteiger partial charge in [0.2, 0.25) is 0 Å². The van der Waals surface area contributed by atoms with E-state index in [0.717, 1.165) is 10.0 Å². The molecule has 0 unspecified atom stereocenters. The third-order valence-electron chi connectivity index (χ3n) is 2.82. The predicted octanol–water partition coefficient (Wildman–Crippen LogP) is 4.37. The first-order valence-corrected chi connectivity index (χ1v) is 7.00. The number of amides is 1. The monoisotopic (exact) mass is 337 g/mol. The van der Waals surface area contributed by atoms with Gasteiger partial charge in [0.05, 0.1) is 10.6 Å². The lowest BCUT2D eigenvalue weighted by atomic mass is 10.1. The molecule has 2 rings (SSSR count). The number of benzene rings is 2. The van der Waals surface area contributed by atoms with Crippen LogP contribution in [-0.2, 0) is 6.54 Å². The number of hydrogen-bond acceptors (Lipinski definition) is 1. The van der Waals surface area contributed by atoms with Gasteiger partial charge in [-0.25, -0.2) is 0 Å². The molecular weight excluding hydrogens is 326 g/mol. The predicted molar refractivity (Wildman–Crippen MR) is 81.4 cm³/mol. The molecule has 4 heteroatoms. The van der Waals surface area contributed by atoms with Gasteiger partial charge in [-0.05, 0) is 23.8 Å². The quantitative estimate of drug-likeness (QED) is 0.813. The third kappa shape index (κ3) is 3.37. The molecule has 0 aromatic heterocycles. The van der Waals surface area contributed by atoms with Gasteiger partial charge in [-0.15, -0.1) is 0 Å². The van der Waals surface area contributed by atoms with Crippen molar-refractivity contribution >= 4 is 33.4 Å². The number of rotatable bonds is 3. The molecule has 0 heterocycles. The molecule has 0 saturated heterocycles. The highest BCUT2D eigenvalue weighted by atomic mass is 79.9. The van der Waals surface area contributed by atoms with Crippen molar-refractivity contribution in [1.82, 2.24) is 4.90 Å². The van der Waals surface area contributed by atoms with Crippen LogP contribution >= 0.6 is 27.5 Å². The number of hydrogen-bond donors (Lipinski definition) is 0. The Bertz CT molecular complexity index is 600. The Morgan fingerprint density at radius 1 is 1.16 bits per heavy atom. The molecule has 0 fully saturated rings. The highest BCUT2D eigenvalue weighted by Crippen LogP contribution is 2.20. The minimum Gasteiger partial charge on any atom is -0.337 e. The number of carbonyl (C=O) groups is 1. The van der Waals surface area contributed by atoms with Crippen molar-refractivity contribution in [1.29, 1.82) is 0 Å². The van der Waals surface area contributed by atoms with Gasteiger partial charge in [-0.1, -0.05) is 57.9 Å². The minimum absolute atomic E-state index is 0.0821. The van der Waals surface area contributed by atoms with Crippen molar-refractivity contribution in [3.63, 3.8) is 0 Å². The van der Waals surface area contributed by atoms with Crippen molar-refractivity contribution in [3.05, 3.63) is 69.2 Å². The molecule has 0 saturated carbocycles. The van der Waals surface area contributed by atoms with Crippen molar-refractivity contribution in [2.75, 3.05) is 7.05 Å². The first-order chi connectivity index (χ1) is 9.09. The summed E-state index contributed by atoms with van der Waals surface area (Å²) in [5, 5.41) is 0.478. The summed E-state index contributed by atoms with van der Waals surface area (Å²) >= 11 is 9.52. The SMILES string of the molecule is CN(Cc1ccccc1Br)C(=O)c1ccccc1Cl. The van der Waals surface area contributed by atoms with Gasteiger partial charge >= 0.3 is 0 Å². The Morgan fingerprint density at radius 2 is 1.79 bits per heavy atom. The van der Waals surface area contributed by atoms with Gasteiger partial charge in [-0.3, -0.25) is 4.79 Å². The van der Waals surface area contributed by atoms with Crippen LogP contribution in [0.25, 0.3) is 0 Å². The van der Waals surface area contributed by atoms with Crippen LogP contribution in [0.15, 0.2) is 53.0 Å². The van der Waals surface area contributed by atoms with Gasteiger partial charge < -0.3 is 4.90 Å². The second-order valence-electron chi connectivity index (χ2n) is 4.23. The Hall–Kier alpha value is -1.32. The van der Waals surface area contributed by atoms with Crippen LogP contribution in [0.3, 0.4) is 0 Å². The molecular formula is C15H13BrClNO. The summed E-state index contributed by atoms with van der Waals surface area (Å²) in [5.74, 6) is -0.0821. The number of halogens is 2. The molecule has 0 spiro atoms. The molecule has 98 valence electrons. The van der Waals surface area contributed by atoms with Crippen molar-refractivity contribution in [2.45, 2.75) is 6.54 Å². The molecule has 2 aromatic rings. The molecule has 19 heavy (non-hydrogen) atoms. The lowest BCUT2D eigenvalue weighted by molar-refractivity contribution is 0.0785. The topological polar surface area (TPSA) is 20.3 Å². The first-order valence-electron chi connectivity index (χ1n) is 5.83. The second kappa shape index (κ2) is 6.22. The molecule has 0 aliphatic rings. The summed E-state index contributed by atoms with van der Waals surface area (Å²) in [5.41, 5.74) is 1.59. The van der Waals surface area contributed by atoms with Crippen molar-refractivity contribution < 1.29 is 4.79 Å². The van der Waals surface area contributed by atoms with E-state index in [9.17, 15) is 4.79 Å². The van der Waals surface area contributed by atoms with Gasteiger partial charge in [0.1, 0.15) is 0 Å². The van der Waals surface area contributed by atoms with E-state index in [0.29, 0.717) is 17.1 Å². The van der Waals surface area contributed by atoms with E-state index in [4.69, 9.17) is 11.6 Å². The molecule has 0 aliphatic heterocycles. The highest BCUT2D eigenvalue weighted by molar-refractivity contribution is 9.10. The summed E-state index contributed by atoms with van der Waals surface area (Å²) < 4.78 is 0.994. The van der Waals surface area contributed by atoms with Gasteiger partial charge in [0.15, 0.2) is 0 Å². The molecule has 2 nitrogen and oxygen atoms in total. The molecule has 0 bridgehead atoms. The van der Waals surface area contributed by atoms with E-state index in [1.54, 1.807) is 24.1 Å². The van der Waals surface area contributed by atoms with Crippen LogP contribution in [0.2, 0.25) is 5.02 Å². The van der Waals surface area contributed by atoms with Gasteiger partial charge in [0.25, 0.3) is 5.91 Å². The summed E-state index contributed by atoms with van der Waals surface area (Å²) in [4.78, 5) is 14.0. The maximum atomic E-state index is 12.3. The first kappa shape index (κ1) is 14.1. The number of carbonyl (C=O) groups excluding carboxylic acids is 1. The molecule has 1 amide bonds. The average molecular weight is 339 g/mol. The summed E-state index contributed by atoms with van der Waals surface area (Å²) in [6, 6.07) is 14.9. The largest absolute Gasteiger partial charge is 0.337 e. The normalized spacial score (nSPS) is 10.3. The Kier molecular flexibility index (Phi) is 4.61. The van der Waals surface area contributed by atoms with E-state index < -0.39 is 0 Å². The van der Waals surface area contributed by atoms with Crippen LogP contribution in [0, 0.1) is 0 Å². The summed E-state index contributed by atoms with van der Waals surface area (Å²) in [7, 11) is 1.77. The Morgan fingerprint density at radius 3 is 2.47 bits per heavy atom. The van der Waals surface area contributed by atoms with E-state index in [2.05, 4.69) is 15.9 Å². The zero-order valence-electron chi connectivity index (χ0n) is 10.4. The van der Waals surface area contributed by atoms with Crippen LogP contribution in [-0.4, -0.2) is 17.9 Å². The van der Waals surface area contributed by atoms with E-state index in [1.807, 2.05) is 36.4 Å². The minimum atomic E-state index is -0.0821. The fraction of sp³-hybridized carbons (Fsp3) is 0.133. The highest BCUT2D eigenvalue weighted by Gasteiger charge is 2.15. The van der Waals surface area contributed by atoms with Crippen molar-refractivity contribution in [2.24, 2.45) is 0 Å². The average Bonchev–Trinajstić information content (AvgIpc) is 2.41. The lowest BCUT2D eigenvalue weighted by Crippen LogP contribution is -2.26. The molecule has 2 aromatic carbocycles. The molecule has 0 radical (unpaired) electrons.